The number of hydrogen-bond donors (Lipinski definition) is 2. The van der Waals surface area contributed by atoms with Crippen LogP contribution in [0.1, 0.15) is 15.2 Å². The van der Waals surface area contributed by atoms with Crippen molar-refractivity contribution >= 4 is 28.7 Å². The molecule has 0 aliphatic heterocycles. The summed E-state index contributed by atoms with van der Waals surface area (Å²) in [5, 5.41) is 22.4. The van der Waals surface area contributed by atoms with E-state index in [4.69, 9.17) is 5.11 Å². The third-order valence-corrected chi connectivity index (χ3v) is 3.23. The topological polar surface area (TPSA) is 105 Å². The normalized spacial score (nSPS) is 10.2. The Hall–Kier alpha value is -2.55. The zero-order valence-electron chi connectivity index (χ0n) is 9.87. The maximum Gasteiger partial charge on any atom is 0.338 e. The Morgan fingerprint density at radius 3 is 2.85 bits per heavy atom. The first-order valence-corrected chi connectivity index (χ1v) is 6.19. The molecular formula is C11H8FN3O4S. The number of nitro groups is 1. The van der Waals surface area contributed by atoms with Crippen LogP contribution in [0.5, 0.6) is 0 Å². The number of hydrogen-bond acceptors (Lipinski definition) is 6. The minimum Gasteiger partial charge on any atom is -0.478 e. The number of benzene rings is 1. The lowest BCUT2D eigenvalue weighted by molar-refractivity contribution is -0.384. The molecule has 9 heteroatoms. The molecule has 0 bridgehead atoms. The lowest BCUT2D eigenvalue weighted by Crippen LogP contribution is -2.07. The molecule has 2 rings (SSSR count). The van der Waals surface area contributed by atoms with Crippen molar-refractivity contribution in [3.8, 4) is 0 Å². The average Bonchev–Trinajstić information content (AvgIpc) is 2.88. The second-order valence-electron chi connectivity index (χ2n) is 3.73. The summed E-state index contributed by atoms with van der Waals surface area (Å²) in [6.07, 6.45) is 1.57. The lowest BCUT2D eigenvalue weighted by Gasteiger charge is -2.07. The van der Waals surface area contributed by atoms with Crippen LogP contribution in [0.4, 0.5) is 15.8 Å². The molecule has 1 aromatic carbocycles. The third-order valence-electron chi connectivity index (χ3n) is 2.45. The second-order valence-corrected chi connectivity index (χ2v) is 4.70. The Kier molecular flexibility index (Phi) is 3.89. The van der Waals surface area contributed by atoms with Gasteiger partial charge in [-0.15, -0.1) is 11.3 Å². The van der Waals surface area contributed by atoms with E-state index in [1.807, 2.05) is 0 Å². The van der Waals surface area contributed by atoms with E-state index >= 15 is 0 Å². The number of rotatable bonds is 5. The van der Waals surface area contributed by atoms with E-state index in [-0.39, 0.29) is 12.2 Å². The van der Waals surface area contributed by atoms with Crippen LogP contribution < -0.4 is 5.32 Å². The van der Waals surface area contributed by atoms with Gasteiger partial charge in [-0.25, -0.2) is 9.18 Å². The highest BCUT2D eigenvalue weighted by Crippen LogP contribution is 2.28. The molecule has 0 aliphatic rings. The number of thiazole rings is 1. The molecule has 0 saturated heterocycles. The zero-order chi connectivity index (χ0) is 14.7. The Morgan fingerprint density at radius 2 is 2.30 bits per heavy atom. The minimum atomic E-state index is -1.56. The van der Waals surface area contributed by atoms with Crippen molar-refractivity contribution in [2.24, 2.45) is 0 Å². The summed E-state index contributed by atoms with van der Waals surface area (Å²) in [6.45, 7) is 0.233. The van der Waals surface area contributed by atoms with E-state index in [0.717, 1.165) is 10.9 Å². The van der Waals surface area contributed by atoms with Gasteiger partial charge in [0, 0.05) is 23.2 Å². The highest BCUT2D eigenvalue weighted by atomic mass is 32.1. The number of aromatic carboxylic acids is 1. The van der Waals surface area contributed by atoms with E-state index < -0.39 is 28.0 Å². The number of carboxylic acids is 1. The Balaban J connectivity index is 2.33. The molecule has 0 spiro atoms. The fourth-order valence-corrected chi connectivity index (χ4v) is 2.06. The molecule has 0 unspecified atom stereocenters. The molecule has 0 radical (unpaired) electrons. The largest absolute Gasteiger partial charge is 0.478 e. The quantitative estimate of drug-likeness (QED) is 0.649. The molecule has 1 aromatic heterocycles. The first-order valence-electron chi connectivity index (χ1n) is 5.31. The van der Waals surface area contributed by atoms with E-state index in [9.17, 15) is 19.3 Å². The van der Waals surface area contributed by atoms with Gasteiger partial charge in [0.15, 0.2) is 0 Å². The number of aromatic nitrogens is 1. The lowest BCUT2D eigenvalue weighted by atomic mass is 10.1. The predicted octanol–water partition coefficient (Wildman–Crippen LogP) is 2.50. The van der Waals surface area contributed by atoms with Crippen LogP contribution in [-0.4, -0.2) is 21.0 Å². The van der Waals surface area contributed by atoms with Gasteiger partial charge in [0.05, 0.1) is 17.0 Å². The molecule has 0 aliphatic carbocycles. The van der Waals surface area contributed by atoms with Crippen molar-refractivity contribution in [3.05, 3.63) is 50.2 Å². The zero-order valence-corrected chi connectivity index (χ0v) is 10.7. The summed E-state index contributed by atoms with van der Waals surface area (Å²) in [7, 11) is 0. The number of nitro benzene ring substituents is 1. The molecule has 7 nitrogen and oxygen atoms in total. The number of anilines is 1. The number of nitrogens with one attached hydrogen (secondary N) is 1. The molecule has 2 aromatic rings. The van der Waals surface area contributed by atoms with Crippen molar-refractivity contribution < 1.29 is 19.2 Å². The average molecular weight is 297 g/mol. The van der Waals surface area contributed by atoms with Crippen LogP contribution in [0.15, 0.2) is 23.8 Å². The predicted molar refractivity (Wildman–Crippen MR) is 69.5 cm³/mol. The molecular weight excluding hydrogens is 289 g/mol. The van der Waals surface area contributed by atoms with Crippen molar-refractivity contribution in [2.45, 2.75) is 6.54 Å². The van der Waals surface area contributed by atoms with E-state index in [0.29, 0.717) is 6.07 Å². The molecule has 0 atom stereocenters. The van der Waals surface area contributed by atoms with Crippen LogP contribution in [0, 0.1) is 15.9 Å². The van der Waals surface area contributed by atoms with Crippen LogP contribution in [-0.2, 0) is 6.54 Å². The standard InChI is InChI=1S/C11H8FN3O4S/c12-8-2-9(14-4-6-3-13-5-20-6)10(15(18)19)1-7(8)11(16)17/h1-3,5,14H,4H2,(H,16,17). The summed E-state index contributed by atoms with van der Waals surface area (Å²) in [6, 6.07) is 1.51. The van der Waals surface area contributed by atoms with E-state index in [1.54, 1.807) is 11.7 Å². The molecule has 0 amide bonds. The van der Waals surface area contributed by atoms with Gasteiger partial charge >= 0.3 is 5.97 Å². The first kappa shape index (κ1) is 13.9. The van der Waals surface area contributed by atoms with E-state index in [1.165, 1.54) is 11.3 Å². The molecule has 2 N–H and O–H groups in total. The van der Waals surface area contributed by atoms with Gasteiger partial charge in [0.2, 0.25) is 0 Å². The highest BCUT2D eigenvalue weighted by molar-refractivity contribution is 7.09. The van der Waals surface area contributed by atoms with Crippen molar-refractivity contribution in [3.63, 3.8) is 0 Å². The second kappa shape index (κ2) is 5.61. The van der Waals surface area contributed by atoms with Gasteiger partial charge < -0.3 is 10.4 Å². The Bertz CT molecular complexity index is 660. The molecule has 20 heavy (non-hydrogen) atoms. The van der Waals surface area contributed by atoms with Gasteiger partial charge in [-0.2, -0.15) is 0 Å². The number of halogens is 1. The Labute approximate surface area is 115 Å². The maximum absolute atomic E-state index is 13.6. The van der Waals surface area contributed by atoms with E-state index in [2.05, 4.69) is 10.3 Å². The number of carboxylic acid groups (broad SMARTS) is 1. The number of carbonyl (C=O) groups is 1. The van der Waals surface area contributed by atoms with Crippen LogP contribution in [0.3, 0.4) is 0 Å². The summed E-state index contributed by atoms with van der Waals surface area (Å²) in [4.78, 5) is 25.6. The van der Waals surface area contributed by atoms with Gasteiger partial charge in [-0.1, -0.05) is 0 Å². The summed E-state index contributed by atoms with van der Waals surface area (Å²) in [5.41, 5.74) is 0.291. The highest BCUT2D eigenvalue weighted by Gasteiger charge is 2.21. The fraction of sp³-hybridized carbons (Fsp3) is 0.0909. The summed E-state index contributed by atoms with van der Waals surface area (Å²) in [5.74, 6) is -2.59. The monoisotopic (exact) mass is 297 g/mol. The minimum absolute atomic E-state index is 0.0779. The van der Waals surface area contributed by atoms with Crippen molar-refractivity contribution in [2.75, 3.05) is 5.32 Å². The third kappa shape index (κ3) is 2.88. The maximum atomic E-state index is 13.6. The molecule has 0 fully saturated rings. The van der Waals surface area contributed by atoms with Crippen LogP contribution in [0.25, 0.3) is 0 Å². The SMILES string of the molecule is O=C(O)c1cc([N+](=O)[O-])c(NCc2cncs2)cc1F. The summed E-state index contributed by atoms with van der Waals surface area (Å²) < 4.78 is 13.6. The smallest absolute Gasteiger partial charge is 0.338 e. The molecule has 1 heterocycles. The van der Waals surface area contributed by atoms with Gasteiger partial charge in [0.1, 0.15) is 17.1 Å². The molecule has 0 saturated carbocycles. The van der Waals surface area contributed by atoms with Crippen molar-refractivity contribution in [1.82, 2.24) is 4.98 Å². The van der Waals surface area contributed by atoms with Crippen molar-refractivity contribution in [1.29, 1.82) is 0 Å². The van der Waals surface area contributed by atoms with Crippen LogP contribution in [0.2, 0.25) is 0 Å². The fourth-order valence-electron chi connectivity index (χ4n) is 1.53. The summed E-state index contributed by atoms with van der Waals surface area (Å²) >= 11 is 1.34. The van der Waals surface area contributed by atoms with Gasteiger partial charge in [-0.3, -0.25) is 15.1 Å². The van der Waals surface area contributed by atoms with Gasteiger partial charge in [-0.05, 0) is 0 Å². The number of nitrogens with zero attached hydrogens (tertiary/aromatic N) is 2. The van der Waals surface area contributed by atoms with Gasteiger partial charge in [0.25, 0.3) is 5.69 Å². The van der Waals surface area contributed by atoms with Crippen LogP contribution >= 0.6 is 11.3 Å². The molecule has 104 valence electrons. The Morgan fingerprint density at radius 1 is 1.55 bits per heavy atom. The first-order chi connectivity index (χ1) is 9.49.